The van der Waals surface area contributed by atoms with Gasteiger partial charge in [-0.25, -0.2) is 22.4 Å². The van der Waals surface area contributed by atoms with Crippen LogP contribution in [0.15, 0.2) is 48.8 Å². The molecule has 216 valence electrons. The lowest BCUT2D eigenvalue weighted by molar-refractivity contribution is -0.00545. The molecule has 0 bridgehead atoms. The van der Waals surface area contributed by atoms with Crippen LogP contribution >= 0.6 is 23.2 Å². The van der Waals surface area contributed by atoms with Crippen molar-refractivity contribution >= 4 is 55.9 Å². The second-order valence-corrected chi connectivity index (χ2v) is 13.4. The molecule has 2 atom stereocenters. The number of carbonyl (C=O) groups is 1. The third kappa shape index (κ3) is 6.04. The van der Waals surface area contributed by atoms with Gasteiger partial charge in [0.15, 0.2) is 0 Å². The van der Waals surface area contributed by atoms with Crippen LogP contribution in [0.1, 0.15) is 43.7 Å². The average Bonchev–Trinajstić information content (AvgIpc) is 3.25. The molecule has 41 heavy (non-hydrogen) atoms. The Morgan fingerprint density at radius 3 is 2.51 bits per heavy atom. The Hall–Kier alpha value is -3.25. The second-order valence-electron chi connectivity index (χ2n) is 10.3. The fourth-order valence-electron chi connectivity index (χ4n) is 4.68. The Morgan fingerprint density at radius 1 is 1.10 bits per heavy atom. The van der Waals surface area contributed by atoms with Crippen LogP contribution in [0, 0.1) is 0 Å². The molecule has 1 aliphatic rings. The second kappa shape index (κ2) is 11.6. The van der Waals surface area contributed by atoms with E-state index in [9.17, 15) is 13.2 Å². The molecule has 0 aromatic carbocycles. The summed E-state index contributed by atoms with van der Waals surface area (Å²) in [5.41, 5.74) is 2.67. The molecule has 0 unspecified atom stereocenters. The lowest BCUT2D eigenvalue weighted by atomic mass is 10.1. The maximum Gasteiger partial charge on any atom is 0.254 e. The normalized spacial score (nSPS) is 17.8. The third-order valence-corrected chi connectivity index (χ3v) is 9.75. The molecule has 4 aromatic rings. The van der Waals surface area contributed by atoms with E-state index in [1.165, 1.54) is 13.8 Å². The lowest BCUT2D eigenvalue weighted by Crippen LogP contribution is -2.45. The standard InChI is InChI=1S/C28H30Cl2N6O4S/c1-16(2)41(38,39)36-15-21(26(29)27(36)30)28(37)32-12-20-10-24-19(11-31-20)8-9-23(33-24)22-6-5-7-25(34-22)35-13-17(3)40-18(4)14-35/h5-11,15-18H,12-14H2,1-4H3,(H,32,37)/t17-,18+. The van der Waals surface area contributed by atoms with Gasteiger partial charge in [0.1, 0.15) is 11.0 Å². The number of halogens is 2. The van der Waals surface area contributed by atoms with Crippen LogP contribution in [0.25, 0.3) is 22.3 Å². The molecule has 1 N–H and O–H groups in total. The third-order valence-electron chi connectivity index (χ3n) is 6.77. The Balaban J connectivity index is 1.35. The first kappa shape index (κ1) is 29.2. The maximum atomic E-state index is 12.9. The van der Waals surface area contributed by atoms with E-state index in [2.05, 4.69) is 29.0 Å². The first-order valence-electron chi connectivity index (χ1n) is 13.2. The predicted molar refractivity (Wildman–Crippen MR) is 160 cm³/mol. The van der Waals surface area contributed by atoms with Crippen molar-refractivity contribution in [3.63, 3.8) is 0 Å². The van der Waals surface area contributed by atoms with Gasteiger partial charge in [-0.05, 0) is 58.0 Å². The monoisotopic (exact) mass is 616 g/mol. The minimum Gasteiger partial charge on any atom is -0.372 e. The molecule has 4 aromatic heterocycles. The summed E-state index contributed by atoms with van der Waals surface area (Å²) >= 11 is 12.3. The summed E-state index contributed by atoms with van der Waals surface area (Å²) in [7, 11) is -3.79. The zero-order valence-corrected chi connectivity index (χ0v) is 25.3. The van der Waals surface area contributed by atoms with E-state index in [1.54, 1.807) is 12.3 Å². The van der Waals surface area contributed by atoms with Gasteiger partial charge in [-0.1, -0.05) is 29.3 Å². The van der Waals surface area contributed by atoms with E-state index in [0.29, 0.717) is 16.9 Å². The smallest absolute Gasteiger partial charge is 0.254 e. The molecule has 5 heterocycles. The summed E-state index contributed by atoms with van der Waals surface area (Å²) in [5, 5.41) is 2.45. The number of hydrogen-bond acceptors (Lipinski definition) is 8. The lowest BCUT2D eigenvalue weighted by Gasteiger charge is -2.36. The number of aromatic nitrogens is 4. The van der Waals surface area contributed by atoms with Gasteiger partial charge in [-0.3, -0.25) is 9.78 Å². The number of morpholine rings is 1. The van der Waals surface area contributed by atoms with Crippen LogP contribution in [0.5, 0.6) is 0 Å². The number of carbonyl (C=O) groups excluding carboxylic acids is 1. The van der Waals surface area contributed by atoms with E-state index in [1.807, 2.05) is 30.3 Å². The van der Waals surface area contributed by atoms with Crippen molar-refractivity contribution in [2.45, 2.75) is 51.7 Å². The number of pyridine rings is 3. The molecule has 0 spiro atoms. The zero-order valence-electron chi connectivity index (χ0n) is 23.0. The topological polar surface area (TPSA) is 119 Å². The van der Waals surface area contributed by atoms with Gasteiger partial charge in [-0.15, -0.1) is 0 Å². The first-order chi connectivity index (χ1) is 19.4. The maximum absolute atomic E-state index is 12.9. The van der Waals surface area contributed by atoms with Crippen molar-refractivity contribution in [3.05, 3.63) is 70.2 Å². The summed E-state index contributed by atoms with van der Waals surface area (Å²) < 4.78 is 31.8. The van der Waals surface area contributed by atoms with Gasteiger partial charge in [0.05, 0.1) is 57.2 Å². The summed E-state index contributed by atoms with van der Waals surface area (Å²) in [6, 6.07) is 11.5. The van der Waals surface area contributed by atoms with Crippen LogP contribution < -0.4 is 10.2 Å². The van der Waals surface area contributed by atoms with Crippen LogP contribution in [-0.2, 0) is 21.3 Å². The number of nitrogens with one attached hydrogen (secondary N) is 1. The Bertz CT molecular complexity index is 1720. The van der Waals surface area contributed by atoms with Crippen molar-refractivity contribution in [2.75, 3.05) is 18.0 Å². The highest BCUT2D eigenvalue weighted by atomic mass is 35.5. The Labute approximate surface area is 248 Å². The number of anilines is 1. The molecule has 10 nitrogen and oxygen atoms in total. The molecule has 1 amide bonds. The summed E-state index contributed by atoms with van der Waals surface area (Å²) in [5.74, 6) is 0.296. The number of rotatable bonds is 7. The molecule has 13 heteroatoms. The Kier molecular flexibility index (Phi) is 8.24. The average molecular weight is 618 g/mol. The fourth-order valence-corrected chi connectivity index (χ4v) is 6.42. The summed E-state index contributed by atoms with van der Waals surface area (Å²) in [6.07, 6.45) is 3.06. The number of ether oxygens (including phenoxy) is 1. The van der Waals surface area contributed by atoms with Crippen molar-refractivity contribution in [3.8, 4) is 11.4 Å². The summed E-state index contributed by atoms with van der Waals surface area (Å²) in [6.45, 7) is 8.75. The van der Waals surface area contributed by atoms with Crippen LogP contribution in [0.2, 0.25) is 10.2 Å². The van der Waals surface area contributed by atoms with Gasteiger partial charge < -0.3 is 15.0 Å². The van der Waals surface area contributed by atoms with Crippen LogP contribution in [0.3, 0.4) is 0 Å². The number of amides is 1. The molecule has 5 rings (SSSR count). The molecule has 1 fully saturated rings. The molecule has 0 radical (unpaired) electrons. The minimum atomic E-state index is -3.79. The van der Waals surface area contributed by atoms with Gasteiger partial charge in [0.2, 0.25) is 10.0 Å². The quantitative estimate of drug-likeness (QED) is 0.310. The number of fused-ring (bicyclic) bond motifs is 1. The molecule has 0 aliphatic carbocycles. The molecule has 1 aliphatic heterocycles. The molecule has 0 saturated carbocycles. The van der Waals surface area contributed by atoms with Crippen molar-refractivity contribution in [1.29, 1.82) is 0 Å². The van der Waals surface area contributed by atoms with Crippen molar-refractivity contribution in [2.24, 2.45) is 0 Å². The van der Waals surface area contributed by atoms with E-state index < -0.39 is 21.2 Å². The van der Waals surface area contributed by atoms with Gasteiger partial charge >= 0.3 is 0 Å². The van der Waals surface area contributed by atoms with Crippen molar-refractivity contribution in [1.82, 2.24) is 24.2 Å². The zero-order chi connectivity index (χ0) is 29.5. The molecule has 1 saturated heterocycles. The first-order valence-corrected chi connectivity index (χ1v) is 15.4. The highest BCUT2D eigenvalue weighted by Gasteiger charge is 2.27. The highest BCUT2D eigenvalue weighted by Crippen LogP contribution is 2.31. The molecular weight excluding hydrogens is 587 g/mol. The highest BCUT2D eigenvalue weighted by molar-refractivity contribution is 7.90. The molecular formula is C28H30Cl2N6O4S. The van der Waals surface area contributed by atoms with Crippen molar-refractivity contribution < 1.29 is 17.9 Å². The largest absolute Gasteiger partial charge is 0.372 e. The predicted octanol–water partition coefficient (Wildman–Crippen LogP) is 4.93. The van der Waals surface area contributed by atoms with Crippen LogP contribution in [0.4, 0.5) is 5.82 Å². The van der Waals surface area contributed by atoms with Gasteiger partial charge in [-0.2, -0.15) is 0 Å². The van der Waals surface area contributed by atoms with Crippen LogP contribution in [-0.4, -0.2) is 63.8 Å². The SMILES string of the molecule is CC(C)S(=O)(=O)n1cc(C(=O)NCc2cc3nc(-c4cccc(N5C[C@@H](C)O[C@@H](C)C5)n4)ccc3cn2)c(Cl)c1Cl. The van der Waals surface area contributed by atoms with E-state index in [0.717, 1.165) is 40.2 Å². The van der Waals surface area contributed by atoms with E-state index >= 15 is 0 Å². The van der Waals surface area contributed by atoms with Gasteiger partial charge in [0.25, 0.3) is 5.91 Å². The van der Waals surface area contributed by atoms with Gasteiger partial charge in [0, 0.05) is 30.9 Å². The van der Waals surface area contributed by atoms with E-state index in [4.69, 9.17) is 37.9 Å². The fraction of sp³-hybridized carbons (Fsp3) is 0.357. The number of nitrogens with zero attached hydrogens (tertiary/aromatic N) is 5. The summed E-state index contributed by atoms with van der Waals surface area (Å²) in [4.78, 5) is 29.2. The number of hydrogen-bond donors (Lipinski definition) is 1. The Morgan fingerprint density at radius 2 is 1.80 bits per heavy atom. The minimum absolute atomic E-state index is 0.0443. The van der Waals surface area contributed by atoms with E-state index in [-0.39, 0.29) is 34.5 Å².